The minimum Gasteiger partial charge on any atom is -0.493 e. The molecule has 2 rings (SSSR count). The summed E-state index contributed by atoms with van der Waals surface area (Å²) in [6, 6.07) is 11.6. The van der Waals surface area contributed by atoms with Crippen molar-refractivity contribution in [2.24, 2.45) is 0 Å². The van der Waals surface area contributed by atoms with Crippen molar-refractivity contribution in [3.8, 4) is 17.6 Å². The van der Waals surface area contributed by atoms with E-state index in [9.17, 15) is 9.59 Å². The van der Waals surface area contributed by atoms with E-state index in [-0.39, 0.29) is 11.3 Å². The van der Waals surface area contributed by atoms with Crippen LogP contribution in [-0.4, -0.2) is 32.2 Å². The Morgan fingerprint density at radius 2 is 2.00 bits per heavy atom. The number of hydrogen-bond acceptors (Lipinski definition) is 6. The number of ether oxygens (including phenoxy) is 3. The van der Waals surface area contributed by atoms with E-state index in [1.807, 2.05) is 13.0 Å². The lowest BCUT2D eigenvalue weighted by Crippen LogP contribution is -2.20. The Bertz CT molecular complexity index is 966. The van der Waals surface area contributed by atoms with Gasteiger partial charge in [-0.1, -0.05) is 17.7 Å². The number of nitrogens with one attached hydrogen (secondary N) is 1. The van der Waals surface area contributed by atoms with Crippen molar-refractivity contribution in [2.45, 2.75) is 6.92 Å². The molecule has 0 aliphatic heterocycles. The van der Waals surface area contributed by atoms with Gasteiger partial charge in [-0.2, -0.15) is 5.26 Å². The molecule has 0 bridgehead atoms. The maximum absolute atomic E-state index is 12.0. The van der Waals surface area contributed by atoms with Crippen LogP contribution in [0.15, 0.2) is 42.5 Å². The number of halogens is 1. The molecular formula is C21H19ClN2O5. The summed E-state index contributed by atoms with van der Waals surface area (Å²) < 4.78 is 15.6. The molecule has 0 aromatic heterocycles. The number of carbonyl (C=O) groups excluding carboxylic acids is 2. The van der Waals surface area contributed by atoms with Crippen LogP contribution in [0.4, 0.5) is 5.69 Å². The van der Waals surface area contributed by atoms with Crippen LogP contribution in [0.5, 0.6) is 11.5 Å². The van der Waals surface area contributed by atoms with Crippen molar-refractivity contribution in [3.05, 3.63) is 58.6 Å². The molecule has 8 heteroatoms. The van der Waals surface area contributed by atoms with Crippen LogP contribution in [0.25, 0.3) is 6.08 Å². The number of methoxy groups -OCH3 is 1. The van der Waals surface area contributed by atoms with Crippen LogP contribution >= 0.6 is 11.6 Å². The fourth-order valence-electron chi connectivity index (χ4n) is 2.32. The molecule has 0 atom stereocenters. The first-order valence-corrected chi connectivity index (χ1v) is 8.99. The molecule has 1 amide bonds. The molecule has 150 valence electrons. The monoisotopic (exact) mass is 414 g/mol. The van der Waals surface area contributed by atoms with Crippen molar-refractivity contribution in [1.82, 2.24) is 0 Å². The number of amides is 1. The Kier molecular flexibility index (Phi) is 8.07. The molecule has 0 spiro atoms. The average Bonchev–Trinajstić information content (AvgIpc) is 2.71. The zero-order valence-corrected chi connectivity index (χ0v) is 16.7. The fraction of sp³-hybridized carbons (Fsp3) is 0.190. The normalized spacial score (nSPS) is 10.3. The van der Waals surface area contributed by atoms with Gasteiger partial charge >= 0.3 is 5.97 Å². The summed E-state index contributed by atoms with van der Waals surface area (Å²) in [5.74, 6) is -0.144. The van der Waals surface area contributed by atoms with Gasteiger partial charge in [0.2, 0.25) is 0 Å². The second kappa shape index (κ2) is 10.7. The van der Waals surface area contributed by atoms with Crippen molar-refractivity contribution >= 4 is 35.2 Å². The molecule has 0 radical (unpaired) electrons. The highest BCUT2D eigenvalue weighted by Gasteiger charge is 2.10. The summed E-state index contributed by atoms with van der Waals surface area (Å²) in [5.41, 5.74) is 1.20. The number of nitriles is 1. The van der Waals surface area contributed by atoms with Crippen LogP contribution in [0.2, 0.25) is 5.02 Å². The Hall–Kier alpha value is -3.50. The van der Waals surface area contributed by atoms with Gasteiger partial charge in [-0.25, -0.2) is 4.79 Å². The van der Waals surface area contributed by atoms with Crippen LogP contribution in [0, 0.1) is 11.3 Å². The number of carbonyl (C=O) groups is 2. The molecule has 1 N–H and O–H groups in total. The van der Waals surface area contributed by atoms with Crippen molar-refractivity contribution < 1.29 is 23.8 Å². The first-order valence-electron chi connectivity index (χ1n) is 8.62. The number of nitrogens with zero attached hydrogens (tertiary/aromatic N) is 1. The Balaban J connectivity index is 1.93. The maximum atomic E-state index is 12.0. The van der Waals surface area contributed by atoms with Gasteiger partial charge in [0.25, 0.3) is 5.91 Å². The third-order valence-electron chi connectivity index (χ3n) is 3.62. The van der Waals surface area contributed by atoms with Gasteiger partial charge < -0.3 is 19.5 Å². The van der Waals surface area contributed by atoms with E-state index in [1.165, 1.54) is 30.4 Å². The molecule has 0 aliphatic rings. The number of esters is 1. The molecule has 0 fully saturated rings. The van der Waals surface area contributed by atoms with E-state index < -0.39 is 18.5 Å². The quantitative estimate of drug-likeness (QED) is 0.521. The largest absolute Gasteiger partial charge is 0.493 e. The van der Waals surface area contributed by atoms with Crippen molar-refractivity contribution in [2.75, 3.05) is 25.6 Å². The topological polar surface area (TPSA) is 97.6 Å². The minimum absolute atomic E-state index is 0.248. The average molecular weight is 415 g/mol. The zero-order valence-electron chi connectivity index (χ0n) is 15.9. The molecular weight excluding hydrogens is 396 g/mol. The first-order chi connectivity index (χ1) is 14.0. The lowest BCUT2D eigenvalue weighted by Gasteiger charge is -2.09. The van der Waals surface area contributed by atoms with Gasteiger partial charge in [0.1, 0.15) is 6.07 Å². The minimum atomic E-state index is -0.694. The molecule has 29 heavy (non-hydrogen) atoms. The molecule has 2 aromatic carbocycles. The van der Waals surface area contributed by atoms with Crippen LogP contribution in [0.1, 0.15) is 18.1 Å². The molecule has 0 saturated heterocycles. The molecule has 2 aromatic rings. The highest BCUT2D eigenvalue weighted by Crippen LogP contribution is 2.28. The second-order valence-electron chi connectivity index (χ2n) is 5.63. The summed E-state index contributed by atoms with van der Waals surface area (Å²) in [6.07, 6.45) is 2.73. The predicted molar refractivity (Wildman–Crippen MR) is 109 cm³/mol. The van der Waals surface area contributed by atoms with Crippen molar-refractivity contribution in [3.63, 3.8) is 0 Å². The number of anilines is 1. The first kappa shape index (κ1) is 21.8. The fourth-order valence-corrected chi connectivity index (χ4v) is 2.49. The number of hydrogen-bond donors (Lipinski definition) is 1. The third-order valence-corrected chi connectivity index (χ3v) is 3.86. The van der Waals surface area contributed by atoms with E-state index >= 15 is 0 Å². The standard InChI is InChI=1S/C21H19ClN2O5/c1-3-28-19-10-14(4-8-18(19)27-2)5-9-21(26)29-13-20(25)24-17-11-16(22)7-6-15(17)12-23/h4-11H,3,13H2,1-2H3,(H,24,25)/b9-5+. The highest BCUT2D eigenvalue weighted by molar-refractivity contribution is 6.31. The number of benzene rings is 2. The van der Waals surface area contributed by atoms with Crippen LogP contribution in [0.3, 0.4) is 0 Å². The number of rotatable bonds is 8. The van der Waals surface area contributed by atoms with Gasteiger partial charge in [-0.15, -0.1) is 0 Å². The van der Waals surface area contributed by atoms with E-state index in [0.29, 0.717) is 28.7 Å². The summed E-state index contributed by atoms with van der Waals surface area (Å²) in [5, 5.41) is 11.9. The lowest BCUT2D eigenvalue weighted by atomic mass is 10.2. The smallest absolute Gasteiger partial charge is 0.331 e. The van der Waals surface area contributed by atoms with Gasteiger partial charge in [-0.05, 0) is 48.9 Å². The van der Waals surface area contributed by atoms with Crippen LogP contribution < -0.4 is 14.8 Å². The summed E-state index contributed by atoms with van der Waals surface area (Å²) >= 11 is 5.86. The SMILES string of the molecule is CCOc1cc(/C=C/C(=O)OCC(=O)Nc2cc(Cl)ccc2C#N)ccc1OC. The lowest BCUT2D eigenvalue weighted by molar-refractivity contribution is -0.142. The summed E-state index contributed by atoms with van der Waals surface area (Å²) in [4.78, 5) is 23.8. The van der Waals surface area contributed by atoms with Crippen LogP contribution in [-0.2, 0) is 14.3 Å². The summed E-state index contributed by atoms with van der Waals surface area (Å²) in [6.45, 7) is 1.82. The Morgan fingerprint density at radius 3 is 2.69 bits per heavy atom. The predicted octanol–water partition coefficient (Wildman–Crippen LogP) is 3.81. The van der Waals surface area contributed by atoms with Gasteiger partial charge in [0, 0.05) is 11.1 Å². The molecule has 0 unspecified atom stereocenters. The molecule has 0 aliphatic carbocycles. The van der Waals surface area contributed by atoms with E-state index in [2.05, 4.69) is 5.32 Å². The van der Waals surface area contributed by atoms with E-state index in [1.54, 1.807) is 25.3 Å². The molecule has 0 saturated carbocycles. The zero-order chi connectivity index (χ0) is 21.2. The van der Waals surface area contributed by atoms with Gasteiger partial charge in [0.15, 0.2) is 18.1 Å². The van der Waals surface area contributed by atoms with Gasteiger partial charge in [0.05, 0.1) is 25.0 Å². The van der Waals surface area contributed by atoms with Gasteiger partial charge in [-0.3, -0.25) is 4.79 Å². The Morgan fingerprint density at radius 1 is 1.21 bits per heavy atom. The van der Waals surface area contributed by atoms with E-state index in [0.717, 1.165) is 0 Å². The highest BCUT2D eigenvalue weighted by atomic mass is 35.5. The molecule has 7 nitrogen and oxygen atoms in total. The summed E-state index contributed by atoms with van der Waals surface area (Å²) in [7, 11) is 1.54. The third kappa shape index (κ3) is 6.55. The molecule has 0 heterocycles. The Labute approximate surface area is 173 Å². The van der Waals surface area contributed by atoms with E-state index in [4.69, 9.17) is 31.1 Å². The van der Waals surface area contributed by atoms with Crippen molar-refractivity contribution in [1.29, 1.82) is 5.26 Å². The maximum Gasteiger partial charge on any atom is 0.331 e. The second-order valence-corrected chi connectivity index (χ2v) is 6.07.